The molecule has 224 valence electrons. The van der Waals surface area contributed by atoms with Crippen molar-refractivity contribution in [2.45, 2.75) is 50.5 Å². The lowest BCUT2D eigenvalue weighted by Crippen LogP contribution is -2.49. The molecule has 3 aromatic rings. The molecule has 1 aromatic heterocycles. The summed E-state index contributed by atoms with van der Waals surface area (Å²) < 4.78 is 18.0. The molecule has 4 aliphatic rings. The number of fused-ring (bicyclic) bond motifs is 9. The highest BCUT2D eigenvalue weighted by Crippen LogP contribution is 2.34. The maximum absolute atomic E-state index is 13.3. The third kappa shape index (κ3) is 6.72. The molecule has 43 heavy (non-hydrogen) atoms. The van der Waals surface area contributed by atoms with Gasteiger partial charge in [0.2, 0.25) is 17.4 Å². The molecular weight excluding hydrogens is 552 g/mol. The van der Waals surface area contributed by atoms with Crippen molar-refractivity contribution in [3.05, 3.63) is 87.8 Å². The highest BCUT2D eigenvalue weighted by molar-refractivity contribution is 5.94. The van der Waals surface area contributed by atoms with Gasteiger partial charge in [-0.05, 0) is 60.7 Å². The van der Waals surface area contributed by atoms with Crippen molar-refractivity contribution in [2.24, 2.45) is 0 Å². The number of carbonyl (C=O) groups excluding carboxylic acids is 3. The first-order valence-electron chi connectivity index (χ1n) is 14.5. The van der Waals surface area contributed by atoms with Crippen LogP contribution in [-0.4, -0.2) is 77.4 Å². The van der Waals surface area contributed by atoms with Crippen LogP contribution in [-0.2, 0) is 27.4 Å². The van der Waals surface area contributed by atoms with E-state index in [1.165, 1.54) is 18.3 Å². The molecule has 1 saturated heterocycles. The molecule has 11 nitrogen and oxygen atoms in total. The lowest BCUT2D eigenvalue weighted by Gasteiger charge is -2.25. The van der Waals surface area contributed by atoms with Crippen molar-refractivity contribution in [3.8, 4) is 17.2 Å². The molecule has 2 aromatic carbocycles. The summed E-state index contributed by atoms with van der Waals surface area (Å²) in [5, 5.41) is 3.04. The summed E-state index contributed by atoms with van der Waals surface area (Å²) >= 11 is 0. The molecule has 3 aliphatic heterocycles. The fourth-order valence-corrected chi connectivity index (χ4v) is 5.56. The van der Waals surface area contributed by atoms with Crippen LogP contribution in [0, 0.1) is 0 Å². The normalized spacial score (nSPS) is 21.2. The molecule has 0 spiro atoms. The molecule has 2 N–H and O–H groups in total. The van der Waals surface area contributed by atoms with Gasteiger partial charge in [-0.1, -0.05) is 18.2 Å². The van der Waals surface area contributed by atoms with Gasteiger partial charge in [0.15, 0.2) is 11.5 Å². The number of carbonyl (C=O) groups is 3. The van der Waals surface area contributed by atoms with Crippen LogP contribution in [0.25, 0.3) is 0 Å². The maximum atomic E-state index is 13.3. The van der Waals surface area contributed by atoms with Gasteiger partial charge < -0.3 is 34.3 Å². The van der Waals surface area contributed by atoms with E-state index in [-0.39, 0.29) is 62.0 Å². The largest absolute Gasteiger partial charge is 0.493 e. The van der Waals surface area contributed by atoms with E-state index in [1.807, 2.05) is 42.5 Å². The molecule has 4 bridgehead atoms. The van der Waals surface area contributed by atoms with Gasteiger partial charge in [0.05, 0.1) is 38.0 Å². The van der Waals surface area contributed by atoms with Crippen molar-refractivity contribution < 1.29 is 28.6 Å². The number of nitrogens with zero attached hydrogens (tertiary/aromatic N) is 2. The minimum Gasteiger partial charge on any atom is -0.493 e. The second-order valence-corrected chi connectivity index (χ2v) is 11.2. The Kier molecular flexibility index (Phi) is 8.15. The summed E-state index contributed by atoms with van der Waals surface area (Å²) in [6.07, 6.45) is 3.37. The molecule has 0 unspecified atom stereocenters. The third-order valence-corrected chi connectivity index (χ3v) is 8.00. The number of methoxy groups -OCH3 is 1. The minimum absolute atomic E-state index is 0.0536. The maximum Gasteiger partial charge on any atom is 0.255 e. The van der Waals surface area contributed by atoms with E-state index < -0.39 is 12.1 Å². The predicted molar refractivity (Wildman–Crippen MR) is 156 cm³/mol. The first kappa shape index (κ1) is 28.5. The molecule has 1 aliphatic carbocycles. The standard InChI is InChI=1S/C32H34N4O7/c1-41-27-14-20-5-10-26(27)43-24-4-2-3-21(13-24)19-42-28-17-35(32(40)22-7-11-29(37)33-15-22)16-25(28)34-30(38)18-36(23-8-9-23)31(39)12-6-20/h2-5,7,10-11,13-15,23,25,28H,6,8-9,12,16-19H2,1H3,(H,33,37)(H,34,38)/t25-,28-/m0/s1. The van der Waals surface area contributed by atoms with Crippen LogP contribution in [0.15, 0.2) is 65.6 Å². The van der Waals surface area contributed by atoms with Crippen LogP contribution < -0.4 is 20.3 Å². The molecule has 1 saturated carbocycles. The van der Waals surface area contributed by atoms with Gasteiger partial charge in [-0.15, -0.1) is 0 Å². The summed E-state index contributed by atoms with van der Waals surface area (Å²) in [5.41, 5.74) is 1.82. The Bertz CT molecular complexity index is 1560. The summed E-state index contributed by atoms with van der Waals surface area (Å²) in [6.45, 7) is 0.632. The molecule has 7 rings (SSSR count). The summed E-state index contributed by atoms with van der Waals surface area (Å²) in [5.74, 6) is 1.06. The number of hydrogen-bond donors (Lipinski definition) is 2. The fraction of sp³-hybridized carbons (Fsp3) is 0.375. The predicted octanol–water partition coefficient (Wildman–Crippen LogP) is 2.64. The number of hydrogen-bond acceptors (Lipinski definition) is 7. The van der Waals surface area contributed by atoms with E-state index in [1.54, 1.807) is 16.9 Å². The number of likely N-dealkylation sites (tertiary alicyclic amines) is 1. The van der Waals surface area contributed by atoms with Crippen molar-refractivity contribution >= 4 is 17.7 Å². The van der Waals surface area contributed by atoms with E-state index in [2.05, 4.69) is 10.3 Å². The Morgan fingerprint density at radius 1 is 0.977 bits per heavy atom. The smallest absolute Gasteiger partial charge is 0.255 e. The second kappa shape index (κ2) is 12.3. The number of pyridine rings is 1. The van der Waals surface area contributed by atoms with E-state index in [4.69, 9.17) is 14.2 Å². The number of amides is 3. The minimum atomic E-state index is -0.500. The molecule has 2 atom stereocenters. The summed E-state index contributed by atoms with van der Waals surface area (Å²) in [7, 11) is 1.58. The van der Waals surface area contributed by atoms with Gasteiger partial charge in [0, 0.05) is 37.8 Å². The van der Waals surface area contributed by atoms with E-state index in [9.17, 15) is 19.2 Å². The van der Waals surface area contributed by atoms with Crippen LogP contribution in [0.2, 0.25) is 0 Å². The van der Waals surface area contributed by atoms with Crippen LogP contribution in [0.4, 0.5) is 0 Å². The Morgan fingerprint density at radius 2 is 1.84 bits per heavy atom. The Hall–Kier alpha value is -4.64. The SMILES string of the molecule is COc1cc2ccc1Oc1cccc(c1)CO[C@H]1CN(C(=O)c3ccc(=O)[nH]c3)C[C@@H]1NC(=O)CN(C1CC1)C(=O)CC2. The van der Waals surface area contributed by atoms with Gasteiger partial charge in [-0.3, -0.25) is 19.2 Å². The zero-order valence-electron chi connectivity index (χ0n) is 23.9. The van der Waals surface area contributed by atoms with Crippen molar-refractivity contribution in [2.75, 3.05) is 26.7 Å². The zero-order chi connectivity index (χ0) is 29.9. The monoisotopic (exact) mass is 586 g/mol. The van der Waals surface area contributed by atoms with Gasteiger partial charge in [0.25, 0.3) is 5.91 Å². The van der Waals surface area contributed by atoms with E-state index in [0.717, 1.165) is 24.0 Å². The molecule has 11 heteroatoms. The first-order chi connectivity index (χ1) is 20.9. The van der Waals surface area contributed by atoms with Gasteiger partial charge in [0.1, 0.15) is 5.75 Å². The number of ether oxygens (including phenoxy) is 3. The summed E-state index contributed by atoms with van der Waals surface area (Å²) in [6, 6.07) is 15.5. The fourth-order valence-electron chi connectivity index (χ4n) is 5.56. The molecule has 2 fully saturated rings. The lowest BCUT2D eigenvalue weighted by molar-refractivity contribution is -0.137. The molecule has 0 radical (unpaired) electrons. The second-order valence-electron chi connectivity index (χ2n) is 11.2. The number of rotatable bonds is 3. The summed E-state index contributed by atoms with van der Waals surface area (Å²) in [4.78, 5) is 57.2. The van der Waals surface area contributed by atoms with Crippen LogP contribution in [0.5, 0.6) is 17.2 Å². The number of aromatic nitrogens is 1. The van der Waals surface area contributed by atoms with Crippen LogP contribution in [0.1, 0.15) is 40.7 Å². The first-order valence-corrected chi connectivity index (χ1v) is 14.5. The Balaban J connectivity index is 1.27. The average molecular weight is 587 g/mol. The van der Waals surface area contributed by atoms with Gasteiger partial charge in [-0.25, -0.2) is 0 Å². The van der Waals surface area contributed by atoms with Gasteiger partial charge >= 0.3 is 0 Å². The number of aryl methyl sites for hydroxylation is 1. The van der Waals surface area contributed by atoms with Gasteiger partial charge in [-0.2, -0.15) is 0 Å². The number of H-pyrrole nitrogens is 1. The Morgan fingerprint density at radius 3 is 2.60 bits per heavy atom. The highest BCUT2D eigenvalue weighted by Gasteiger charge is 2.39. The molecular formula is C32H34N4O7. The number of benzene rings is 2. The third-order valence-electron chi connectivity index (χ3n) is 8.00. The molecule has 3 amide bonds. The Labute approximate surface area is 248 Å². The van der Waals surface area contributed by atoms with Crippen molar-refractivity contribution in [3.63, 3.8) is 0 Å². The number of aromatic amines is 1. The van der Waals surface area contributed by atoms with Crippen molar-refractivity contribution in [1.82, 2.24) is 20.1 Å². The van der Waals surface area contributed by atoms with E-state index >= 15 is 0 Å². The topological polar surface area (TPSA) is 130 Å². The van der Waals surface area contributed by atoms with E-state index in [0.29, 0.717) is 29.2 Å². The number of nitrogens with one attached hydrogen (secondary N) is 2. The van der Waals surface area contributed by atoms with Crippen LogP contribution >= 0.6 is 0 Å². The lowest BCUT2D eigenvalue weighted by atomic mass is 10.1. The quantitative estimate of drug-likeness (QED) is 0.483. The van der Waals surface area contributed by atoms with Crippen LogP contribution in [0.3, 0.4) is 0 Å². The highest BCUT2D eigenvalue weighted by atomic mass is 16.5. The zero-order valence-corrected chi connectivity index (χ0v) is 23.9. The van der Waals surface area contributed by atoms with Crippen molar-refractivity contribution in [1.29, 1.82) is 0 Å². The molecule has 4 heterocycles. The average Bonchev–Trinajstić information content (AvgIpc) is 3.78.